The number of aromatic amines is 1. The normalized spacial score (nSPS) is 12.4. The minimum Gasteiger partial charge on any atom is -0.465 e. The molecule has 4 nitrogen and oxygen atoms in total. The van der Waals surface area contributed by atoms with Crippen LogP contribution < -0.4 is 5.32 Å². The Morgan fingerprint density at radius 1 is 1.71 bits per heavy atom. The molecule has 1 aromatic rings. The SMILES string of the molecule is CCOC(=O)C(C)NCc1cc[nH]c1. The maximum Gasteiger partial charge on any atom is 0.322 e. The summed E-state index contributed by atoms with van der Waals surface area (Å²) in [7, 11) is 0. The van der Waals surface area contributed by atoms with E-state index in [1.165, 1.54) is 0 Å². The fourth-order valence-corrected chi connectivity index (χ4v) is 1.09. The molecule has 0 aliphatic heterocycles. The second kappa shape index (κ2) is 5.44. The molecule has 0 aliphatic carbocycles. The maximum absolute atomic E-state index is 11.2. The Morgan fingerprint density at radius 3 is 3.07 bits per heavy atom. The summed E-state index contributed by atoms with van der Waals surface area (Å²) in [6.07, 6.45) is 3.75. The Morgan fingerprint density at radius 2 is 2.50 bits per heavy atom. The van der Waals surface area contributed by atoms with Crippen LogP contribution in [0.25, 0.3) is 0 Å². The lowest BCUT2D eigenvalue weighted by atomic mass is 10.3. The predicted molar refractivity (Wildman–Crippen MR) is 53.7 cm³/mol. The van der Waals surface area contributed by atoms with E-state index in [0.717, 1.165) is 5.56 Å². The van der Waals surface area contributed by atoms with Crippen LogP contribution in [0.3, 0.4) is 0 Å². The van der Waals surface area contributed by atoms with Crippen molar-refractivity contribution in [3.05, 3.63) is 24.0 Å². The number of esters is 1. The molecule has 0 bridgehead atoms. The molecule has 0 radical (unpaired) electrons. The van der Waals surface area contributed by atoms with Gasteiger partial charge in [-0.05, 0) is 25.5 Å². The zero-order chi connectivity index (χ0) is 10.4. The van der Waals surface area contributed by atoms with Crippen LogP contribution in [0.15, 0.2) is 18.5 Å². The first-order valence-corrected chi connectivity index (χ1v) is 4.75. The molecule has 0 aromatic carbocycles. The molecular formula is C10H16N2O2. The van der Waals surface area contributed by atoms with Crippen LogP contribution in [-0.2, 0) is 16.1 Å². The first-order chi connectivity index (χ1) is 6.74. The summed E-state index contributed by atoms with van der Waals surface area (Å²) in [5.74, 6) is -0.206. The summed E-state index contributed by atoms with van der Waals surface area (Å²) in [5.41, 5.74) is 1.13. The summed E-state index contributed by atoms with van der Waals surface area (Å²) in [4.78, 5) is 14.2. The molecule has 1 heterocycles. The zero-order valence-electron chi connectivity index (χ0n) is 8.54. The minimum absolute atomic E-state index is 0.206. The fourth-order valence-electron chi connectivity index (χ4n) is 1.09. The number of carbonyl (C=O) groups excluding carboxylic acids is 1. The Labute approximate surface area is 83.7 Å². The fraction of sp³-hybridized carbons (Fsp3) is 0.500. The summed E-state index contributed by atoms with van der Waals surface area (Å²) in [5, 5.41) is 3.08. The van der Waals surface area contributed by atoms with E-state index < -0.39 is 0 Å². The largest absolute Gasteiger partial charge is 0.465 e. The molecule has 14 heavy (non-hydrogen) atoms. The van der Waals surface area contributed by atoms with E-state index in [1.807, 2.05) is 18.5 Å². The van der Waals surface area contributed by atoms with E-state index in [1.54, 1.807) is 13.8 Å². The lowest BCUT2D eigenvalue weighted by Crippen LogP contribution is -2.34. The first kappa shape index (κ1) is 10.8. The van der Waals surface area contributed by atoms with Gasteiger partial charge in [0.25, 0.3) is 0 Å². The van der Waals surface area contributed by atoms with Crippen LogP contribution in [-0.4, -0.2) is 23.6 Å². The molecule has 0 amide bonds. The van der Waals surface area contributed by atoms with Crippen molar-refractivity contribution < 1.29 is 9.53 Å². The second-order valence-electron chi connectivity index (χ2n) is 3.07. The average Bonchev–Trinajstić information content (AvgIpc) is 2.67. The van der Waals surface area contributed by atoms with Crippen LogP contribution in [0, 0.1) is 0 Å². The van der Waals surface area contributed by atoms with E-state index in [2.05, 4.69) is 10.3 Å². The third kappa shape index (κ3) is 3.22. The van der Waals surface area contributed by atoms with Crippen LogP contribution in [0.4, 0.5) is 0 Å². The number of hydrogen-bond donors (Lipinski definition) is 2. The predicted octanol–water partition coefficient (Wildman–Crippen LogP) is 1.06. The van der Waals surface area contributed by atoms with Crippen molar-refractivity contribution in [3.8, 4) is 0 Å². The van der Waals surface area contributed by atoms with E-state index in [-0.39, 0.29) is 12.0 Å². The Balaban J connectivity index is 2.27. The summed E-state index contributed by atoms with van der Waals surface area (Å²) in [6.45, 7) is 4.69. The molecule has 1 atom stereocenters. The van der Waals surface area contributed by atoms with Crippen molar-refractivity contribution in [2.24, 2.45) is 0 Å². The van der Waals surface area contributed by atoms with Crippen molar-refractivity contribution in [1.29, 1.82) is 0 Å². The summed E-state index contributed by atoms with van der Waals surface area (Å²) >= 11 is 0. The van der Waals surface area contributed by atoms with Gasteiger partial charge in [0.2, 0.25) is 0 Å². The molecular weight excluding hydrogens is 180 g/mol. The van der Waals surface area contributed by atoms with Crippen LogP contribution in [0.1, 0.15) is 19.4 Å². The van der Waals surface area contributed by atoms with Gasteiger partial charge in [-0.3, -0.25) is 4.79 Å². The van der Waals surface area contributed by atoms with Crippen molar-refractivity contribution in [2.45, 2.75) is 26.4 Å². The summed E-state index contributed by atoms with van der Waals surface area (Å²) < 4.78 is 4.86. The van der Waals surface area contributed by atoms with Crippen LogP contribution in [0.5, 0.6) is 0 Å². The lowest BCUT2D eigenvalue weighted by molar-refractivity contribution is -0.145. The monoisotopic (exact) mass is 196 g/mol. The van der Waals surface area contributed by atoms with E-state index >= 15 is 0 Å². The van der Waals surface area contributed by atoms with Gasteiger partial charge < -0.3 is 15.0 Å². The van der Waals surface area contributed by atoms with E-state index in [0.29, 0.717) is 13.2 Å². The standard InChI is InChI=1S/C10H16N2O2/c1-3-14-10(13)8(2)12-7-9-4-5-11-6-9/h4-6,8,11-12H,3,7H2,1-2H3. The third-order valence-corrected chi connectivity index (χ3v) is 1.91. The highest BCUT2D eigenvalue weighted by Gasteiger charge is 2.12. The van der Waals surface area contributed by atoms with Crippen molar-refractivity contribution in [3.63, 3.8) is 0 Å². The number of carbonyl (C=O) groups is 1. The average molecular weight is 196 g/mol. The van der Waals surface area contributed by atoms with Crippen molar-refractivity contribution in [1.82, 2.24) is 10.3 Å². The lowest BCUT2D eigenvalue weighted by Gasteiger charge is -2.11. The van der Waals surface area contributed by atoms with Crippen LogP contribution in [0.2, 0.25) is 0 Å². The molecule has 0 aliphatic rings. The molecule has 0 saturated heterocycles. The Bertz CT molecular complexity index is 270. The molecule has 1 unspecified atom stereocenters. The van der Waals surface area contributed by atoms with E-state index in [9.17, 15) is 4.79 Å². The molecule has 0 fully saturated rings. The molecule has 0 saturated carbocycles. The summed E-state index contributed by atoms with van der Waals surface area (Å²) in [6, 6.07) is 1.70. The highest BCUT2D eigenvalue weighted by atomic mass is 16.5. The van der Waals surface area contributed by atoms with Crippen molar-refractivity contribution >= 4 is 5.97 Å². The molecule has 4 heteroatoms. The van der Waals surface area contributed by atoms with Gasteiger partial charge in [-0.15, -0.1) is 0 Å². The van der Waals surface area contributed by atoms with Gasteiger partial charge in [0.05, 0.1) is 6.61 Å². The topological polar surface area (TPSA) is 54.1 Å². The Kier molecular flexibility index (Phi) is 4.19. The van der Waals surface area contributed by atoms with Gasteiger partial charge in [-0.2, -0.15) is 0 Å². The zero-order valence-corrected chi connectivity index (χ0v) is 8.54. The van der Waals surface area contributed by atoms with Gasteiger partial charge in [0, 0.05) is 18.9 Å². The van der Waals surface area contributed by atoms with Gasteiger partial charge in [-0.1, -0.05) is 0 Å². The van der Waals surface area contributed by atoms with Gasteiger partial charge in [0.1, 0.15) is 6.04 Å². The third-order valence-electron chi connectivity index (χ3n) is 1.91. The van der Waals surface area contributed by atoms with E-state index in [4.69, 9.17) is 4.74 Å². The molecule has 78 valence electrons. The molecule has 0 spiro atoms. The number of aromatic nitrogens is 1. The van der Waals surface area contributed by atoms with Crippen molar-refractivity contribution in [2.75, 3.05) is 6.61 Å². The minimum atomic E-state index is -0.259. The number of rotatable bonds is 5. The number of nitrogens with one attached hydrogen (secondary N) is 2. The van der Waals surface area contributed by atoms with Gasteiger partial charge >= 0.3 is 5.97 Å². The number of H-pyrrole nitrogens is 1. The Hall–Kier alpha value is -1.29. The smallest absolute Gasteiger partial charge is 0.322 e. The molecule has 1 aromatic heterocycles. The van der Waals surface area contributed by atoms with Gasteiger partial charge in [0.15, 0.2) is 0 Å². The number of ether oxygens (including phenoxy) is 1. The highest BCUT2D eigenvalue weighted by molar-refractivity contribution is 5.75. The maximum atomic E-state index is 11.2. The molecule has 1 rings (SSSR count). The quantitative estimate of drug-likeness (QED) is 0.692. The van der Waals surface area contributed by atoms with Gasteiger partial charge in [-0.25, -0.2) is 0 Å². The number of hydrogen-bond acceptors (Lipinski definition) is 3. The van der Waals surface area contributed by atoms with Crippen LogP contribution >= 0.6 is 0 Å². The second-order valence-corrected chi connectivity index (χ2v) is 3.07. The molecule has 2 N–H and O–H groups in total. The first-order valence-electron chi connectivity index (χ1n) is 4.75. The highest BCUT2D eigenvalue weighted by Crippen LogP contribution is 1.97.